The van der Waals surface area contributed by atoms with Crippen molar-refractivity contribution < 1.29 is 10.2 Å². The topological polar surface area (TPSA) is 40.5 Å². The number of hydrogen-bond acceptors (Lipinski definition) is 2. The zero-order valence-electron chi connectivity index (χ0n) is 9.53. The van der Waals surface area contributed by atoms with Crippen molar-refractivity contribution in [2.75, 3.05) is 13.2 Å². The lowest BCUT2D eigenvalue weighted by Crippen LogP contribution is -2.25. The highest BCUT2D eigenvalue weighted by Gasteiger charge is 2.25. The normalized spacial score (nSPS) is 11.7. The molecule has 0 aliphatic carbocycles. The average Bonchev–Trinajstić information content (AvgIpc) is 2.19. The van der Waals surface area contributed by atoms with Gasteiger partial charge in [-0.15, -0.1) is 0 Å². The molecule has 2 nitrogen and oxygen atoms in total. The van der Waals surface area contributed by atoms with Gasteiger partial charge in [0.25, 0.3) is 0 Å². The Balaban J connectivity index is 2.92. The maximum Gasteiger partial charge on any atom is 0.0439 e. The summed E-state index contributed by atoms with van der Waals surface area (Å²) in [6.07, 6.45) is 1.38. The van der Waals surface area contributed by atoms with E-state index in [2.05, 4.69) is 38.1 Å². The highest BCUT2D eigenvalue weighted by Crippen LogP contribution is 2.30. The summed E-state index contributed by atoms with van der Waals surface area (Å²) in [5, 5.41) is 18.1. The molecule has 0 saturated carbocycles. The zero-order chi connectivity index (χ0) is 11.3. The fourth-order valence-corrected chi connectivity index (χ4v) is 1.86. The van der Waals surface area contributed by atoms with Crippen LogP contribution in [0.5, 0.6) is 0 Å². The Morgan fingerprint density at radius 2 is 1.47 bits per heavy atom. The molecule has 0 bridgehead atoms. The van der Waals surface area contributed by atoms with E-state index in [1.165, 1.54) is 11.1 Å². The third kappa shape index (κ3) is 3.05. The van der Waals surface area contributed by atoms with Gasteiger partial charge in [0.1, 0.15) is 0 Å². The van der Waals surface area contributed by atoms with Gasteiger partial charge in [-0.2, -0.15) is 0 Å². The van der Waals surface area contributed by atoms with Gasteiger partial charge < -0.3 is 10.2 Å². The minimum atomic E-state index is -0.114. The van der Waals surface area contributed by atoms with E-state index in [0.29, 0.717) is 12.8 Å². The molecule has 0 atom stereocenters. The molecule has 0 amide bonds. The lowest BCUT2D eigenvalue weighted by molar-refractivity contribution is 0.200. The number of aryl methyl sites for hydroxylation is 1. The first-order chi connectivity index (χ1) is 7.12. The zero-order valence-corrected chi connectivity index (χ0v) is 9.53. The smallest absolute Gasteiger partial charge is 0.0439 e. The molecule has 0 fully saturated rings. The fraction of sp³-hybridized carbons (Fsp3) is 0.538. The van der Waals surface area contributed by atoms with Crippen LogP contribution in [0.25, 0.3) is 0 Å². The Bertz CT molecular complexity index is 284. The third-order valence-electron chi connectivity index (χ3n) is 3.08. The molecule has 0 unspecified atom stereocenters. The summed E-state index contributed by atoms with van der Waals surface area (Å²) in [6, 6.07) is 8.31. The molecule has 0 aliphatic rings. The van der Waals surface area contributed by atoms with Crippen molar-refractivity contribution >= 4 is 0 Å². The monoisotopic (exact) mass is 208 g/mol. The summed E-state index contributed by atoms with van der Waals surface area (Å²) in [7, 11) is 0. The van der Waals surface area contributed by atoms with Crippen molar-refractivity contribution in [3.05, 3.63) is 35.4 Å². The molecule has 0 radical (unpaired) electrons. The van der Waals surface area contributed by atoms with Gasteiger partial charge in [0, 0.05) is 13.2 Å². The number of aliphatic hydroxyl groups is 2. The van der Waals surface area contributed by atoms with Crippen LogP contribution < -0.4 is 0 Å². The Hall–Kier alpha value is -0.860. The van der Waals surface area contributed by atoms with Crippen LogP contribution in [0.4, 0.5) is 0 Å². The first-order valence-corrected chi connectivity index (χ1v) is 5.41. The molecule has 0 saturated heterocycles. The van der Waals surface area contributed by atoms with E-state index in [9.17, 15) is 0 Å². The second-order valence-corrected chi connectivity index (χ2v) is 4.37. The van der Waals surface area contributed by atoms with Crippen molar-refractivity contribution in [2.45, 2.75) is 32.1 Å². The van der Waals surface area contributed by atoms with E-state index in [1.54, 1.807) is 0 Å². The summed E-state index contributed by atoms with van der Waals surface area (Å²) < 4.78 is 0. The van der Waals surface area contributed by atoms with Crippen LogP contribution in [-0.2, 0) is 5.41 Å². The van der Waals surface area contributed by atoms with E-state index in [4.69, 9.17) is 10.2 Å². The molecule has 15 heavy (non-hydrogen) atoms. The first-order valence-electron chi connectivity index (χ1n) is 5.41. The molecule has 2 N–H and O–H groups in total. The molecule has 0 aromatic heterocycles. The summed E-state index contributed by atoms with van der Waals surface area (Å²) in [4.78, 5) is 0. The molecule has 1 aromatic rings. The fourth-order valence-electron chi connectivity index (χ4n) is 1.86. The minimum absolute atomic E-state index is 0.114. The van der Waals surface area contributed by atoms with Gasteiger partial charge in [-0.25, -0.2) is 0 Å². The van der Waals surface area contributed by atoms with Crippen molar-refractivity contribution in [2.24, 2.45) is 0 Å². The summed E-state index contributed by atoms with van der Waals surface area (Å²) in [5.74, 6) is 0. The highest BCUT2D eigenvalue weighted by atomic mass is 16.3. The molecule has 0 heterocycles. The lowest BCUT2D eigenvalue weighted by atomic mass is 9.77. The van der Waals surface area contributed by atoms with Gasteiger partial charge in [0.05, 0.1) is 0 Å². The van der Waals surface area contributed by atoms with E-state index in [0.717, 1.165) is 0 Å². The van der Waals surface area contributed by atoms with Gasteiger partial charge in [-0.3, -0.25) is 0 Å². The van der Waals surface area contributed by atoms with Crippen LogP contribution in [0.1, 0.15) is 30.9 Å². The molecule has 84 valence electrons. The standard InChI is InChI=1S/C13H20O2/c1-11-3-5-12(6-4-11)13(2,7-9-14)8-10-15/h3-6,14-15H,7-10H2,1-2H3. The van der Waals surface area contributed by atoms with Crippen molar-refractivity contribution in [1.82, 2.24) is 0 Å². The Morgan fingerprint density at radius 3 is 1.87 bits per heavy atom. The van der Waals surface area contributed by atoms with Crippen LogP contribution in [0.2, 0.25) is 0 Å². The maximum absolute atomic E-state index is 9.06. The van der Waals surface area contributed by atoms with Crippen LogP contribution in [0.15, 0.2) is 24.3 Å². The number of benzene rings is 1. The van der Waals surface area contributed by atoms with Gasteiger partial charge in [0.2, 0.25) is 0 Å². The second kappa shape index (κ2) is 5.29. The van der Waals surface area contributed by atoms with Crippen molar-refractivity contribution in [1.29, 1.82) is 0 Å². The largest absolute Gasteiger partial charge is 0.396 e. The quantitative estimate of drug-likeness (QED) is 0.777. The van der Waals surface area contributed by atoms with Crippen LogP contribution >= 0.6 is 0 Å². The van der Waals surface area contributed by atoms with Gasteiger partial charge in [-0.05, 0) is 30.7 Å². The van der Waals surface area contributed by atoms with E-state index in [-0.39, 0.29) is 18.6 Å². The number of aliphatic hydroxyl groups excluding tert-OH is 2. The molecule has 0 spiro atoms. The van der Waals surface area contributed by atoms with Crippen LogP contribution in [0, 0.1) is 6.92 Å². The summed E-state index contributed by atoms with van der Waals surface area (Å²) >= 11 is 0. The predicted octanol–water partition coefficient (Wildman–Crippen LogP) is 2.02. The second-order valence-electron chi connectivity index (χ2n) is 4.37. The Kier molecular flexibility index (Phi) is 4.30. The average molecular weight is 208 g/mol. The summed E-state index contributed by atoms with van der Waals surface area (Å²) in [6.45, 7) is 4.46. The Morgan fingerprint density at radius 1 is 1.00 bits per heavy atom. The van der Waals surface area contributed by atoms with E-state index in [1.807, 2.05) is 0 Å². The predicted molar refractivity (Wildman–Crippen MR) is 61.9 cm³/mol. The van der Waals surface area contributed by atoms with Gasteiger partial charge in [-0.1, -0.05) is 36.8 Å². The molecule has 1 rings (SSSR count). The number of rotatable bonds is 5. The minimum Gasteiger partial charge on any atom is -0.396 e. The molecule has 2 heteroatoms. The van der Waals surface area contributed by atoms with Crippen molar-refractivity contribution in [3.63, 3.8) is 0 Å². The van der Waals surface area contributed by atoms with Crippen molar-refractivity contribution in [3.8, 4) is 0 Å². The molecule has 1 aromatic carbocycles. The maximum atomic E-state index is 9.06. The third-order valence-corrected chi connectivity index (χ3v) is 3.08. The van der Waals surface area contributed by atoms with Gasteiger partial charge in [0.15, 0.2) is 0 Å². The molecular weight excluding hydrogens is 188 g/mol. The first kappa shape index (κ1) is 12.2. The summed E-state index contributed by atoms with van der Waals surface area (Å²) in [5.41, 5.74) is 2.31. The molecule has 0 aliphatic heterocycles. The lowest BCUT2D eigenvalue weighted by Gasteiger charge is -2.29. The Labute approximate surface area is 91.6 Å². The van der Waals surface area contributed by atoms with E-state index < -0.39 is 0 Å². The number of hydrogen-bond donors (Lipinski definition) is 2. The van der Waals surface area contributed by atoms with E-state index >= 15 is 0 Å². The van der Waals surface area contributed by atoms with Crippen LogP contribution in [-0.4, -0.2) is 23.4 Å². The van der Waals surface area contributed by atoms with Crippen LogP contribution in [0.3, 0.4) is 0 Å². The highest BCUT2D eigenvalue weighted by molar-refractivity contribution is 5.28. The molecular formula is C13H20O2. The van der Waals surface area contributed by atoms with Gasteiger partial charge >= 0.3 is 0 Å². The SMILES string of the molecule is Cc1ccc(C(C)(CCO)CCO)cc1.